The van der Waals surface area contributed by atoms with Crippen LogP contribution in [0.15, 0.2) is 30.3 Å². The van der Waals surface area contributed by atoms with Crippen LogP contribution in [0.25, 0.3) is 0 Å². The number of carbonyl (C=O) groups is 2. The van der Waals surface area contributed by atoms with Gasteiger partial charge in [0, 0.05) is 5.92 Å². The molecule has 1 fully saturated rings. The summed E-state index contributed by atoms with van der Waals surface area (Å²) in [6, 6.07) is 9.70. The van der Waals surface area contributed by atoms with Crippen molar-refractivity contribution in [3.05, 3.63) is 35.9 Å². The minimum absolute atomic E-state index is 0.00230. The summed E-state index contributed by atoms with van der Waals surface area (Å²) >= 11 is 0. The Balaban J connectivity index is 1.75. The third kappa shape index (κ3) is 3.58. The molecule has 4 nitrogen and oxygen atoms in total. The summed E-state index contributed by atoms with van der Waals surface area (Å²) in [5, 5.41) is 5.51. The number of nitrogens with one attached hydrogen (secondary N) is 2. The lowest BCUT2D eigenvalue weighted by Gasteiger charge is -2.14. The fourth-order valence-corrected chi connectivity index (χ4v) is 1.77. The number of benzene rings is 1. The van der Waals surface area contributed by atoms with Gasteiger partial charge in [-0.2, -0.15) is 0 Å². The van der Waals surface area contributed by atoms with Crippen molar-refractivity contribution in [1.29, 1.82) is 0 Å². The molecule has 2 N–H and O–H groups in total. The van der Waals surface area contributed by atoms with Crippen molar-refractivity contribution in [3.8, 4) is 0 Å². The summed E-state index contributed by atoms with van der Waals surface area (Å²) in [5.41, 5.74) is 1.05. The molecule has 1 unspecified atom stereocenters. The molecule has 0 aromatic heterocycles. The Bertz CT molecular complexity index is 427. The van der Waals surface area contributed by atoms with Gasteiger partial charge in [-0.3, -0.25) is 9.59 Å². The first-order chi connectivity index (χ1) is 8.66. The van der Waals surface area contributed by atoms with Crippen molar-refractivity contribution in [2.24, 2.45) is 5.92 Å². The van der Waals surface area contributed by atoms with Gasteiger partial charge >= 0.3 is 0 Å². The zero-order chi connectivity index (χ0) is 13.0. The van der Waals surface area contributed by atoms with Crippen LogP contribution in [0.1, 0.15) is 31.4 Å². The molecule has 4 heteroatoms. The molecule has 0 saturated heterocycles. The van der Waals surface area contributed by atoms with Crippen molar-refractivity contribution in [2.45, 2.75) is 25.8 Å². The summed E-state index contributed by atoms with van der Waals surface area (Å²) in [4.78, 5) is 23.0. The van der Waals surface area contributed by atoms with Gasteiger partial charge in [0.1, 0.15) is 0 Å². The topological polar surface area (TPSA) is 58.2 Å². The molecule has 1 atom stereocenters. The number of rotatable bonds is 5. The van der Waals surface area contributed by atoms with Crippen molar-refractivity contribution >= 4 is 11.8 Å². The van der Waals surface area contributed by atoms with E-state index in [9.17, 15) is 9.59 Å². The molecule has 96 valence electrons. The van der Waals surface area contributed by atoms with E-state index in [1.807, 2.05) is 37.3 Å². The van der Waals surface area contributed by atoms with Crippen LogP contribution in [0.4, 0.5) is 0 Å². The highest BCUT2D eigenvalue weighted by atomic mass is 16.2. The fraction of sp³-hybridized carbons (Fsp3) is 0.429. The molecule has 2 rings (SSSR count). The van der Waals surface area contributed by atoms with E-state index < -0.39 is 0 Å². The van der Waals surface area contributed by atoms with E-state index >= 15 is 0 Å². The lowest BCUT2D eigenvalue weighted by atomic mass is 10.1. The zero-order valence-corrected chi connectivity index (χ0v) is 10.5. The second kappa shape index (κ2) is 5.67. The monoisotopic (exact) mass is 246 g/mol. The van der Waals surface area contributed by atoms with Gasteiger partial charge in [-0.25, -0.2) is 0 Å². The smallest absolute Gasteiger partial charge is 0.239 e. The lowest BCUT2D eigenvalue weighted by Crippen LogP contribution is -2.38. The Morgan fingerprint density at radius 1 is 1.28 bits per heavy atom. The lowest BCUT2D eigenvalue weighted by molar-refractivity contribution is -0.127. The Hall–Kier alpha value is -1.84. The van der Waals surface area contributed by atoms with Crippen molar-refractivity contribution < 1.29 is 9.59 Å². The van der Waals surface area contributed by atoms with Gasteiger partial charge in [0.05, 0.1) is 12.6 Å². The summed E-state index contributed by atoms with van der Waals surface area (Å²) in [6.45, 7) is 1.99. The van der Waals surface area contributed by atoms with E-state index in [1.54, 1.807) is 0 Å². The van der Waals surface area contributed by atoms with Gasteiger partial charge in [-0.05, 0) is 25.3 Å². The van der Waals surface area contributed by atoms with Gasteiger partial charge < -0.3 is 10.6 Å². The van der Waals surface area contributed by atoms with Crippen LogP contribution in [-0.2, 0) is 9.59 Å². The van der Waals surface area contributed by atoms with Crippen LogP contribution in [0, 0.1) is 5.92 Å². The fourth-order valence-electron chi connectivity index (χ4n) is 1.77. The van der Waals surface area contributed by atoms with E-state index in [1.165, 1.54) is 0 Å². The average molecular weight is 246 g/mol. The van der Waals surface area contributed by atoms with Crippen molar-refractivity contribution in [2.75, 3.05) is 6.54 Å². The number of hydrogen-bond donors (Lipinski definition) is 2. The third-order valence-electron chi connectivity index (χ3n) is 3.05. The second-order valence-corrected chi connectivity index (χ2v) is 4.69. The molecule has 1 aliphatic carbocycles. The third-order valence-corrected chi connectivity index (χ3v) is 3.05. The number of carbonyl (C=O) groups excluding carboxylic acids is 2. The molecule has 2 amide bonds. The SMILES string of the molecule is CC(NC(=O)CNC(=O)C1CC1)c1ccccc1. The van der Waals surface area contributed by atoms with Crippen molar-refractivity contribution in [3.63, 3.8) is 0 Å². The molecule has 0 heterocycles. The highest BCUT2D eigenvalue weighted by Gasteiger charge is 2.29. The first-order valence-corrected chi connectivity index (χ1v) is 6.29. The summed E-state index contributed by atoms with van der Waals surface area (Å²) in [7, 11) is 0. The van der Waals surface area contributed by atoms with Crippen molar-refractivity contribution in [1.82, 2.24) is 10.6 Å². The molecule has 0 bridgehead atoms. The Kier molecular flexibility index (Phi) is 3.97. The molecule has 18 heavy (non-hydrogen) atoms. The summed E-state index contributed by atoms with van der Waals surface area (Å²) in [5.74, 6) is -0.0118. The quantitative estimate of drug-likeness (QED) is 0.825. The van der Waals surface area contributed by atoms with E-state index in [2.05, 4.69) is 10.6 Å². The van der Waals surface area contributed by atoms with E-state index in [-0.39, 0.29) is 30.3 Å². The molecule has 1 aliphatic rings. The Morgan fingerprint density at radius 2 is 1.94 bits per heavy atom. The second-order valence-electron chi connectivity index (χ2n) is 4.69. The van der Waals surface area contributed by atoms with Gasteiger partial charge in [0.2, 0.25) is 11.8 Å². The van der Waals surface area contributed by atoms with Crippen LogP contribution >= 0.6 is 0 Å². The van der Waals surface area contributed by atoms with Gasteiger partial charge in [0.15, 0.2) is 0 Å². The molecule has 1 saturated carbocycles. The zero-order valence-electron chi connectivity index (χ0n) is 10.5. The first-order valence-electron chi connectivity index (χ1n) is 6.29. The maximum Gasteiger partial charge on any atom is 0.239 e. The number of amides is 2. The summed E-state index contributed by atoms with van der Waals surface area (Å²) in [6.07, 6.45) is 1.90. The molecular formula is C14H18N2O2. The highest BCUT2D eigenvalue weighted by Crippen LogP contribution is 2.28. The average Bonchev–Trinajstić information content (AvgIpc) is 3.21. The van der Waals surface area contributed by atoms with Crippen LogP contribution < -0.4 is 10.6 Å². The van der Waals surface area contributed by atoms with Crippen LogP contribution in [0.3, 0.4) is 0 Å². The van der Waals surface area contributed by atoms with Gasteiger partial charge in [-0.15, -0.1) is 0 Å². The van der Waals surface area contributed by atoms with Crippen LogP contribution in [0.2, 0.25) is 0 Å². The number of hydrogen-bond acceptors (Lipinski definition) is 2. The van der Waals surface area contributed by atoms with Crippen LogP contribution in [0.5, 0.6) is 0 Å². The van der Waals surface area contributed by atoms with E-state index in [0.717, 1.165) is 18.4 Å². The minimum Gasteiger partial charge on any atom is -0.348 e. The minimum atomic E-state index is -0.152. The first kappa shape index (κ1) is 12.6. The predicted molar refractivity (Wildman–Crippen MR) is 68.7 cm³/mol. The normalized spacial score (nSPS) is 15.8. The molecular weight excluding hydrogens is 228 g/mol. The maximum atomic E-state index is 11.6. The maximum absolute atomic E-state index is 11.6. The Labute approximate surface area is 107 Å². The van der Waals surface area contributed by atoms with E-state index in [0.29, 0.717) is 0 Å². The molecule has 1 aromatic rings. The Morgan fingerprint density at radius 3 is 2.56 bits per heavy atom. The molecule has 0 radical (unpaired) electrons. The summed E-state index contributed by atoms with van der Waals surface area (Å²) < 4.78 is 0. The highest BCUT2D eigenvalue weighted by molar-refractivity contribution is 5.87. The molecule has 0 aliphatic heterocycles. The van der Waals surface area contributed by atoms with E-state index in [4.69, 9.17) is 0 Å². The standard InChI is InChI=1S/C14H18N2O2/c1-10(11-5-3-2-4-6-11)16-13(17)9-15-14(18)12-7-8-12/h2-6,10,12H,7-9H2,1H3,(H,15,18)(H,16,17). The largest absolute Gasteiger partial charge is 0.348 e. The van der Waals surface area contributed by atoms with Gasteiger partial charge in [0.25, 0.3) is 0 Å². The molecule has 0 spiro atoms. The predicted octanol–water partition coefficient (Wildman–Crippen LogP) is 1.39. The van der Waals surface area contributed by atoms with Gasteiger partial charge in [-0.1, -0.05) is 30.3 Å². The molecule has 1 aromatic carbocycles. The van der Waals surface area contributed by atoms with Crippen LogP contribution in [-0.4, -0.2) is 18.4 Å².